The lowest BCUT2D eigenvalue weighted by atomic mass is 10.2. The van der Waals surface area contributed by atoms with Crippen molar-refractivity contribution in [2.45, 2.75) is 37.5 Å². The molecule has 2 N–H and O–H groups in total. The average Bonchev–Trinajstić information content (AvgIpc) is 2.55. The molecule has 0 spiro atoms. The van der Waals surface area contributed by atoms with Gasteiger partial charge in [0.2, 0.25) is 10.0 Å². The fraction of sp³-hybridized carbons (Fsp3) is 0.900. The van der Waals surface area contributed by atoms with Gasteiger partial charge in [-0.1, -0.05) is 6.42 Å². The second kappa shape index (κ2) is 6.32. The number of methoxy groups -OCH3 is 1. The van der Waals surface area contributed by atoms with E-state index < -0.39 is 21.2 Å². The van der Waals surface area contributed by atoms with Crippen molar-refractivity contribution in [1.82, 2.24) is 10.0 Å². The van der Waals surface area contributed by atoms with E-state index in [1.807, 2.05) is 0 Å². The summed E-state index contributed by atoms with van der Waals surface area (Å²) in [6.45, 7) is 2.84. The van der Waals surface area contributed by atoms with Gasteiger partial charge >= 0.3 is 5.97 Å². The Morgan fingerprint density at radius 2 is 2.18 bits per heavy atom. The van der Waals surface area contributed by atoms with E-state index >= 15 is 0 Å². The predicted octanol–water partition coefficient (Wildman–Crippen LogP) is -0.391. The molecule has 1 heterocycles. The van der Waals surface area contributed by atoms with Gasteiger partial charge in [-0.25, -0.2) is 13.1 Å². The first-order valence-electron chi connectivity index (χ1n) is 5.77. The third kappa shape index (κ3) is 4.25. The molecule has 0 aromatic heterocycles. The van der Waals surface area contributed by atoms with Gasteiger partial charge in [-0.2, -0.15) is 0 Å². The molecular weight excluding hydrogens is 244 g/mol. The number of carbonyl (C=O) groups is 1. The normalized spacial score (nSPS) is 23.8. The smallest absolute Gasteiger partial charge is 0.325 e. The van der Waals surface area contributed by atoms with Gasteiger partial charge in [0.15, 0.2) is 5.25 Å². The third-order valence-corrected chi connectivity index (χ3v) is 4.66. The van der Waals surface area contributed by atoms with Gasteiger partial charge in [0.05, 0.1) is 7.11 Å². The van der Waals surface area contributed by atoms with E-state index in [1.165, 1.54) is 14.0 Å². The summed E-state index contributed by atoms with van der Waals surface area (Å²) in [6, 6.07) is -0.144. The minimum absolute atomic E-state index is 0.144. The zero-order valence-corrected chi connectivity index (χ0v) is 11.0. The maximum Gasteiger partial charge on any atom is 0.325 e. The van der Waals surface area contributed by atoms with Crippen molar-refractivity contribution in [3.05, 3.63) is 0 Å². The first-order chi connectivity index (χ1) is 7.97. The molecule has 100 valence electrons. The number of sulfonamides is 1. The molecule has 1 aliphatic heterocycles. The second-order valence-electron chi connectivity index (χ2n) is 4.23. The van der Waals surface area contributed by atoms with E-state index in [1.54, 1.807) is 0 Å². The summed E-state index contributed by atoms with van der Waals surface area (Å²) >= 11 is 0. The lowest BCUT2D eigenvalue weighted by Crippen LogP contribution is -2.46. The van der Waals surface area contributed by atoms with E-state index in [0.717, 1.165) is 25.8 Å². The van der Waals surface area contributed by atoms with Crippen LogP contribution in [0.25, 0.3) is 0 Å². The Bertz CT molecular complexity index is 347. The molecule has 1 aliphatic rings. The lowest BCUT2D eigenvalue weighted by molar-refractivity contribution is -0.139. The molecule has 6 nitrogen and oxygen atoms in total. The van der Waals surface area contributed by atoms with Crippen LogP contribution in [0.1, 0.15) is 26.2 Å². The molecule has 0 bridgehead atoms. The summed E-state index contributed by atoms with van der Waals surface area (Å²) in [6.07, 6.45) is 2.82. The molecule has 1 saturated heterocycles. The van der Waals surface area contributed by atoms with Crippen LogP contribution in [-0.4, -0.2) is 45.9 Å². The summed E-state index contributed by atoms with van der Waals surface area (Å²) in [4.78, 5) is 11.2. The first kappa shape index (κ1) is 14.4. The van der Waals surface area contributed by atoms with Crippen LogP contribution in [-0.2, 0) is 19.6 Å². The summed E-state index contributed by atoms with van der Waals surface area (Å²) in [5.74, 6) is -0.737. The molecule has 7 heteroatoms. The van der Waals surface area contributed by atoms with Crippen LogP contribution in [0.3, 0.4) is 0 Å². The SMILES string of the molecule is COC(=O)C(C)S(=O)(=O)NC1CCCCNC1. The topological polar surface area (TPSA) is 84.5 Å². The molecular formula is C10H20N2O4S. The zero-order chi connectivity index (χ0) is 12.9. The number of hydrogen-bond acceptors (Lipinski definition) is 5. The molecule has 2 unspecified atom stereocenters. The van der Waals surface area contributed by atoms with Crippen molar-refractivity contribution in [3.8, 4) is 0 Å². The first-order valence-corrected chi connectivity index (χ1v) is 7.31. The Morgan fingerprint density at radius 3 is 2.82 bits per heavy atom. The minimum atomic E-state index is -3.65. The fourth-order valence-electron chi connectivity index (χ4n) is 1.75. The number of carbonyl (C=O) groups excluding carboxylic acids is 1. The minimum Gasteiger partial charge on any atom is -0.468 e. The van der Waals surface area contributed by atoms with Crippen LogP contribution in [0, 0.1) is 0 Å². The summed E-state index contributed by atoms with van der Waals surface area (Å²) < 4.78 is 30.7. The van der Waals surface area contributed by atoms with Crippen LogP contribution in [0.4, 0.5) is 0 Å². The van der Waals surface area contributed by atoms with Gasteiger partial charge < -0.3 is 10.1 Å². The Balaban J connectivity index is 2.61. The number of rotatable bonds is 4. The quantitative estimate of drug-likeness (QED) is 0.676. The number of hydrogen-bond donors (Lipinski definition) is 2. The fourth-order valence-corrected chi connectivity index (χ4v) is 2.97. The molecule has 17 heavy (non-hydrogen) atoms. The number of ether oxygens (including phenoxy) is 1. The van der Waals surface area contributed by atoms with Gasteiger partial charge in [0.25, 0.3) is 0 Å². The predicted molar refractivity (Wildman–Crippen MR) is 64.0 cm³/mol. The summed E-state index contributed by atoms with van der Waals surface area (Å²) in [5.41, 5.74) is 0. The molecule has 0 aliphatic carbocycles. The van der Waals surface area contributed by atoms with Gasteiger partial charge in [-0.15, -0.1) is 0 Å². The molecule has 2 atom stereocenters. The third-order valence-electron chi connectivity index (χ3n) is 2.88. The van der Waals surface area contributed by atoms with Crippen LogP contribution in [0.5, 0.6) is 0 Å². The molecule has 0 saturated carbocycles. The van der Waals surface area contributed by atoms with Crippen LogP contribution in [0.15, 0.2) is 0 Å². The maximum absolute atomic E-state index is 11.9. The van der Waals surface area contributed by atoms with Gasteiger partial charge in [0, 0.05) is 12.6 Å². The molecule has 0 amide bonds. The molecule has 0 radical (unpaired) electrons. The summed E-state index contributed by atoms with van der Waals surface area (Å²) in [7, 11) is -2.47. The average molecular weight is 264 g/mol. The highest BCUT2D eigenvalue weighted by Crippen LogP contribution is 2.08. The lowest BCUT2D eigenvalue weighted by Gasteiger charge is -2.19. The van der Waals surface area contributed by atoms with Crippen LogP contribution in [0.2, 0.25) is 0 Å². The van der Waals surface area contributed by atoms with E-state index in [2.05, 4.69) is 14.8 Å². The Kier molecular flexibility index (Phi) is 5.35. The van der Waals surface area contributed by atoms with E-state index in [4.69, 9.17) is 0 Å². The van der Waals surface area contributed by atoms with Crippen molar-refractivity contribution in [2.24, 2.45) is 0 Å². The van der Waals surface area contributed by atoms with Crippen molar-refractivity contribution in [3.63, 3.8) is 0 Å². The van der Waals surface area contributed by atoms with E-state index in [0.29, 0.717) is 6.54 Å². The Hall–Kier alpha value is -0.660. The number of esters is 1. The van der Waals surface area contributed by atoms with Gasteiger partial charge in [-0.05, 0) is 26.3 Å². The largest absolute Gasteiger partial charge is 0.468 e. The zero-order valence-electron chi connectivity index (χ0n) is 10.2. The van der Waals surface area contributed by atoms with Crippen LogP contribution < -0.4 is 10.0 Å². The molecule has 1 rings (SSSR count). The maximum atomic E-state index is 11.9. The number of nitrogens with one attached hydrogen (secondary N) is 2. The highest BCUT2D eigenvalue weighted by atomic mass is 32.2. The van der Waals surface area contributed by atoms with Gasteiger partial charge in [-0.3, -0.25) is 4.79 Å². The highest BCUT2D eigenvalue weighted by molar-refractivity contribution is 7.90. The van der Waals surface area contributed by atoms with Crippen molar-refractivity contribution in [1.29, 1.82) is 0 Å². The molecule has 1 fully saturated rings. The van der Waals surface area contributed by atoms with E-state index in [9.17, 15) is 13.2 Å². The molecule has 0 aromatic rings. The monoisotopic (exact) mass is 264 g/mol. The summed E-state index contributed by atoms with van der Waals surface area (Å²) in [5, 5.41) is 1.99. The molecule has 0 aromatic carbocycles. The Labute approximate surface area is 102 Å². The van der Waals surface area contributed by atoms with Crippen molar-refractivity contribution in [2.75, 3.05) is 20.2 Å². The van der Waals surface area contributed by atoms with E-state index in [-0.39, 0.29) is 6.04 Å². The van der Waals surface area contributed by atoms with Gasteiger partial charge in [0.1, 0.15) is 0 Å². The standard InChI is InChI=1S/C10H20N2O4S/c1-8(10(13)16-2)17(14,15)12-9-5-3-4-6-11-7-9/h8-9,11-12H,3-7H2,1-2H3. The van der Waals surface area contributed by atoms with Crippen molar-refractivity contribution < 1.29 is 17.9 Å². The second-order valence-corrected chi connectivity index (χ2v) is 6.26. The van der Waals surface area contributed by atoms with Crippen LogP contribution >= 0.6 is 0 Å². The highest BCUT2D eigenvalue weighted by Gasteiger charge is 2.31. The Morgan fingerprint density at radius 1 is 1.47 bits per heavy atom. The van der Waals surface area contributed by atoms with Crippen molar-refractivity contribution >= 4 is 16.0 Å².